The maximum absolute atomic E-state index is 13.7. The van der Waals surface area contributed by atoms with Crippen LogP contribution in [0.1, 0.15) is 18.4 Å². The number of hydrogen-bond acceptors (Lipinski definition) is 2. The molecule has 1 heterocycles. The normalized spacial score (nSPS) is 14.5. The van der Waals surface area contributed by atoms with Crippen molar-refractivity contribution >= 4 is 23.0 Å². The van der Waals surface area contributed by atoms with Crippen LogP contribution in [0.25, 0.3) is 0 Å². The van der Waals surface area contributed by atoms with Crippen molar-refractivity contribution in [2.75, 3.05) is 23.3 Å². The molecule has 21 heavy (non-hydrogen) atoms. The first-order valence-corrected chi connectivity index (χ1v) is 7.63. The van der Waals surface area contributed by atoms with Crippen molar-refractivity contribution in [1.82, 2.24) is 0 Å². The summed E-state index contributed by atoms with van der Waals surface area (Å²) in [4.78, 5) is 2.39. The van der Waals surface area contributed by atoms with E-state index in [0.717, 1.165) is 18.8 Å². The third kappa shape index (κ3) is 3.48. The third-order valence-electron chi connectivity index (χ3n) is 3.84. The molecular weight excluding hydrogens is 287 g/mol. The van der Waals surface area contributed by atoms with E-state index in [0.29, 0.717) is 17.1 Å². The van der Waals surface area contributed by atoms with E-state index in [2.05, 4.69) is 22.3 Å². The van der Waals surface area contributed by atoms with Crippen LogP contribution in [0.3, 0.4) is 0 Å². The van der Waals surface area contributed by atoms with Gasteiger partial charge in [0.15, 0.2) is 0 Å². The van der Waals surface area contributed by atoms with Gasteiger partial charge in [-0.05, 0) is 49.2 Å². The van der Waals surface area contributed by atoms with E-state index < -0.39 is 0 Å². The second-order valence-corrected chi connectivity index (χ2v) is 5.77. The fraction of sp³-hybridized carbons (Fsp3) is 0.294. The van der Waals surface area contributed by atoms with Gasteiger partial charge in [0.05, 0.1) is 0 Å². The third-order valence-corrected chi connectivity index (χ3v) is 4.07. The molecule has 0 aliphatic carbocycles. The number of halogens is 2. The SMILES string of the molecule is Fc1cc(Cl)ccc1CNc1ccc(N2CCCC2)cc1. The summed E-state index contributed by atoms with van der Waals surface area (Å²) in [7, 11) is 0. The van der Waals surface area contributed by atoms with Gasteiger partial charge in [0.1, 0.15) is 5.82 Å². The first kappa shape index (κ1) is 14.2. The molecule has 110 valence electrons. The number of benzene rings is 2. The molecule has 1 aliphatic heterocycles. The molecule has 0 radical (unpaired) electrons. The molecule has 1 N–H and O–H groups in total. The van der Waals surface area contributed by atoms with Crippen LogP contribution >= 0.6 is 11.6 Å². The van der Waals surface area contributed by atoms with Crippen LogP contribution in [0.5, 0.6) is 0 Å². The first-order chi connectivity index (χ1) is 10.2. The number of nitrogens with zero attached hydrogens (tertiary/aromatic N) is 1. The molecule has 2 aromatic carbocycles. The smallest absolute Gasteiger partial charge is 0.129 e. The Bertz CT molecular complexity index is 607. The summed E-state index contributed by atoms with van der Waals surface area (Å²) in [6.45, 7) is 2.73. The maximum Gasteiger partial charge on any atom is 0.129 e. The average Bonchev–Trinajstić information content (AvgIpc) is 3.01. The minimum atomic E-state index is -0.274. The lowest BCUT2D eigenvalue weighted by Gasteiger charge is -2.18. The Kier molecular flexibility index (Phi) is 4.30. The fourth-order valence-corrected chi connectivity index (χ4v) is 2.79. The minimum Gasteiger partial charge on any atom is -0.381 e. The second-order valence-electron chi connectivity index (χ2n) is 5.33. The van der Waals surface area contributed by atoms with Crippen molar-refractivity contribution in [1.29, 1.82) is 0 Å². The Hall–Kier alpha value is -1.74. The highest BCUT2D eigenvalue weighted by atomic mass is 35.5. The zero-order valence-electron chi connectivity index (χ0n) is 11.8. The second kappa shape index (κ2) is 6.35. The summed E-state index contributed by atoms with van der Waals surface area (Å²) in [6.07, 6.45) is 2.55. The summed E-state index contributed by atoms with van der Waals surface area (Å²) in [5.41, 5.74) is 2.87. The van der Waals surface area contributed by atoms with Crippen LogP contribution in [-0.4, -0.2) is 13.1 Å². The lowest BCUT2D eigenvalue weighted by Crippen LogP contribution is -2.17. The zero-order valence-corrected chi connectivity index (χ0v) is 12.5. The van der Waals surface area contributed by atoms with Gasteiger partial charge >= 0.3 is 0 Å². The molecule has 0 unspecified atom stereocenters. The monoisotopic (exact) mass is 304 g/mol. The summed E-state index contributed by atoms with van der Waals surface area (Å²) >= 11 is 5.75. The van der Waals surface area contributed by atoms with Gasteiger partial charge in [-0.2, -0.15) is 0 Å². The van der Waals surface area contributed by atoms with Gasteiger partial charge in [0.2, 0.25) is 0 Å². The number of hydrogen-bond donors (Lipinski definition) is 1. The van der Waals surface area contributed by atoms with Crippen molar-refractivity contribution in [3.05, 3.63) is 58.9 Å². The first-order valence-electron chi connectivity index (χ1n) is 7.25. The van der Waals surface area contributed by atoms with E-state index >= 15 is 0 Å². The summed E-state index contributed by atoms with van der Waals surface area (Å²) < 4.78 is 13.7. The van der Waals surface area contributed by atoms with Crippen LogP contribution in [0.2, 0.25) is 5.02 Å². The Morgan fingerprint density at radius 2 is 1.76 bits per heavy atom. The van der Waals surface area contributed by atoms with Crippen molar-refractivity contribution in [2.45, 2.75) is 19.4 Å². The lowest BCUT2D eigenvalue weighted by atomic mass is 10.2. The lowest BCUT2D eigenvalue weighted by molar-refractivity contribution is 0.613. The van der Waals surface area contributed by atoms with E-state index in [1.165, 1.54) is 24.6 Å². The highest BCUT2D eigenvalue weighted by molar-refractivity contribution is 6.30. The molecule has 2 aromatic rings. The predicted molar refractivity (Wildman–Crippen MR) is 86.6 cm³/mol. The van der Waals surface area contributed by atoms with Gasteiger partial charge in [-0.1, -0.05) is 17.7 Å². The predicted octanol–water partition coefficient (Wildman–Crippen LogP) is 4.69. The summed E-state index contributed by atoms with van der Waals surface area (Å²) in [5.74, 6) is -0.274. The molecule has 2 nitrogen and oxygen atoms in total. The molecule has 1 aliphatic rings. The molecule has 1 saturated heterocycles. The molecule has 1 fully saturated rings. The molecule has 4 heteroatoms. The van der Waals surface area contributed by atoms with Gasteiger partial charge < -0.3 is 10.2 Å². The van der Waals surface area contributed by atoms with Crippen LogP contribution in [0.4, 0.5) is 15.8 Å². The van der Waals surface area contributed by atoms with Gasteiger partial charge in [0.25, 0.3) is 0 Å². The van der Waals surface area contributed by atoms with Crippen LogP contribution in [-0.2, 0) is 6.54 Å². The van der Waals surface area contributed by atoms with Crippen molar-refractivity contribution < 1.29 is 4.39 Å². The van der Waals surface area contributed by atoms with Crippen molar-refractivity contribution in [2.24, 2.45) is 0 Å². The van der Waals surface area contributed by atoms with E-state index in [4.69, 9.17) is 11.6 Å². The van der Waals surface area contributed by atoms with E-state index in [-0.39, 0.29) is 5.82 Å². The molecule has 0 atom stereocenters. The Labute approximate surface area is 129 Å². The summed E-state index contributed by atoms with van der Waals surface area (Å²) in [5, 5.41) is 3.66. The van der Waals surface area contributed by atoms with Gasteiger partial charge in [-0.3, -0.25) is 0 Å². The van der Waals surface area contributed by atoms with E-state index in [9.17, 15) is 4.39 Å². The van der Waals surface area contributed by atoms with Crippen LogP contribution < -0.4 is 10.2 Å². The number of nitrogens with one attached hydrogen (secondary N) is 1. The average molecular weight is 305 g/mol. The van der Waals surface area contributed by atoms with Gasteiger partial charge in [0, 0.05) is 41.6 Å². The fourth-order valence-electron chi connectivity index (χ4n) is 2.63. The molecule has 0 spiro atoms. The van der Waals surface area contributed by atoms with Crippen molar-refractivity contribution in [3.8, 4) is 0 Å². The largest absolute Gasteiger partial charge is 0.381 e. The molecule has 0 bridgehead atoms. The van der Waals surface area contributed by atoms with E-state index in [1.54, 1.807) is 12.1 Å². The molecular formula is C17H18ClFN2. The Balaban J connectivity index is 1.62. The highest BCUT2D eigenvalue weighted by Gasteiger charge is 2.11. The van der Waals surface area contributed by atoms with Crippen LogP contribution in [0.15, 0.2) is 42.5 Å². The number of anilines is 2. The van der Waals surface area contributed by atoms with Crippen molar-refractivity contribution in [3.63, 3.8) is 0 Å². The maximum atomic E-state index is 13.7. The van der Waals surface area contributed by atoms with Crippen LogP contribution in [0, 0.1) is 5.82 Å². The quantitative estimate of drug-likeness (QED) is 0.881. The Morgan fingerprint density at radius 3 is 2.43 bits per heavy atom. The Morgan fingerprint density at radius 1 is 1.05 bits per heavy atom. The topological polar surface area (TPSA) is 15.3 Å². The standard InChI is InChI=1S/C17H18ClFN2/c18-14-4-3-13(17(19)11-14)12-20-15-5-7-16(8-6-15)21-9-1-2-10-21/h3-8,11,20H,1-2,9-10,12H2. The molecule has 0 aromatic heterocycles. The molecule has 0 amide bonds. The minimum absolute atomic E-state index is 0.274. The van der Waals surface area contributed by atoms with E-state index in [1.807, 2.05) is 12.1 Å². The summed E-state index contributed by atoms with van der Waals surface area (Å²) in [6, 6.07) is 13.1. The number of rotatable bonds is 4. The van der Waals surface area contributed by atoms with Gasteiger partial charge in [-0.15, -0.1) is 0 Å². The molecule has 3 rings (SSSR count). The van der Waals surface area contributed by atoms with Gasteiger partial charge in [-0.25, -0.2) is 4.39 Å². The zero-order chi connectivity index (χ0) is 14.7. The molecule has 0 saturated carbocycles. The highest BCUT2D eigenvalue weighted by Crippen LogP contribution is 2.22.